The summed E-state index contributed by atoms with van der Waals surface area (Å²) in [7, 11) is -5.16. The average Bonchev–Trinajstić information content (AvgIpc) is 2.61. The summed E-state index contributed by atoms with van der Waals surface area (Å²) in [4.78, 5) is 0.544. The first-order valence-corrected chi connectivity index (χ1v) is 12.4. The first-order chi connectivity index (χ1) is 13.2. The number of methoxy groups -OCH3 is 1. The van der Waals surface area contributed by atoms with Gasteiger partial charge < -0.3 is 4.74 Å². The topological polar surface area (TPSA) is 82.0 Å². The highest BCUT2D eigenvalue weighted by Crippen LogP contribution is 2.27. The van der Waals surface area contributed by atoms with Crippen molar-refractivity contribution in [3.63, 3.8) is 0 Å². The van der Waals surface area contributed by atoms with Gasteiger partial charge in [0, 0.05) is 18.4 Å². The Bertz CT molecular complexity index is 968. The lowest BCUT2D eigenvalue weighted by atomic mass is 9.99. The van der Waals surface area contributed by atoms with E-state index in [1.165, 1.54) is 0 Å². The van der Waals surface area contributed by atoms with Gasteiger partial charge in [0.2, 0.25) is 0 Å². The Labute approximate surface area is 168 Å². The lowest BCUT2D eigenvalue weighted by Gasteiger charge is -2.30. The summed E-state index contributed by atoms with van der Waals surface area (Å²) < 4.78 is 52.7. The SMILES string of the molecule is COCCN=S(=O)(CC(C)(Cc1ccccc1)OS(C)(=O)=O)c1ccccc1. The molecule has 2 atom stereocenters. The molecule has 0 saturated carbocycles. The third kappa shape index (κ3) is 7.01. The minimum absolute atomic E-state index is 0.0598. The van der Waals surface area contributed by atoms with E-state index in [1.54, 1.807) is 38.3 Å². The van der Waals surface area contributed by atoms with Crippen LogP contribution in [0.1, 0.15) is 12.5 Å². The van der Waals surface area contributed by atoms with E-state index in [4.69, 9.17) is 8.92 Å². The Hall–Kier alpha value is -1.74. The summed E-state index contributed by atoms with van der Waals surface area (Å²) in [6, 6.07) is 18.3. The summed E-state index contributed by atoms with van der Waals surface area (Å²) in [6.45, 7) is 2.23. The highest BCUT2D eigenvalue weighted by molar-refractivity contribution is 7.93. The Morgan fingerprint density at radius 1 is 0.964 bits per heavy atom. The van der Waals surface area contributed by atoms with Gasteiger partial charge in [0.25, 0.3) is 10.1 Å². The van der Waals surface area contributed by atoms with Crippen LogP contribution in [0.4, 0.5) is 0 Å². The molecule has 0 fully saturated rings. The molecule has 2 rings (SSSR count). The molecular weight excluding hydrogens is 398 g/mol. The number of nitrogens with zero attached hydrogens (tertiary/aromatic N) is 1. The number of benzene rings is 2. The van der Waals surface area contributed by atoms with Crippen molar-refractivity contribution in [2.24, 2.45) is 4.36 Å². The molecular formula is C20H27NO5S2. The van der Waals surface area contributed by atoms with Crippen molar-refractivity contribution in [3.8, 4) is 0 Å². The molecule has 0 radical (unpaired) electrons. The van der Waals surface area contributed by atoms with E-state index in [1.807, 2.05) is 36.4 Å². The van der Waals surface area contributed by atoms with Crippen LogP contribution in [0.15, 0.2) is 69.9 Å². The molecule has 28 heavy (non-hydrogen) atoms. The zero-order chi connectivity index (χ0) is 20.7. The fourth-order valence-corrected chi connectivity index (χ4v) is 6.30. The van der Waals surface area contributed by atoms with Crippen LogP contribution in [0, 0.1) is 0 Å². The zero-order valence-electron chi connectivity index (χ0n) is 16.4. The first kappa shape index (κ1) is 22.5. The van der Waals surface area contributed by atoms with E-state index >= 15 is 0 Å². The summed E-state index contributed by atoms with van der Waals surface area (Å²) >= 11 is 0. The molecule has 0 heterocycles. The van der Waals surface area contributed by atoms with Gasteiger partial charge >= 0.3 is 0 Å². The minimum atomic E-state index is -3.77. The number of hydrogen-bond acceptors (Lipinski definition) is 6. The second kappa shape index (κ2) is 9.65. The molecule has 2 aromatic rings. The van der Waals surface area contributed by atoms with Crippen LogP contribution in [0.2, 0.25) is 0 Å². The van der Waals surface area contributed by atoms with Gasteiger partial charge in [0.05, 0.1) is 34.9 Å². The van der Waals surface area contributed by atoms with Gasteiger partial charge in [-0.25, -0.2) is 8.57 Å². The molecule has 0 spiro atoms. The predicted octanol–water partition coefficient (Wildman–Crippen LogP) is 3.14. The van der Waals surface area contributed by atoms with E-state index in [0.29, 0.717) is 11.5 Å². The predicted molar refractivity (Wildman–Crippen MR) is 111 cm³/mol. The van der Waals surface area contributed by atoms with Crippen LogP contribution >= 0.6 is 0 Å². The third-order valence-electron chi connectivity index (χ3n) is 3.98. The average molecular weight is 426 g/mol. The maximum atomic E-state index is 13.9. The molecule has 154 valence electrons. The van der Waals surface area contributed by atoms with Gasteiger partial charge in [-0.15, -0.1) is 0 Å². The molecule has 0 aliphatic rings. The summed E-state index contributed by atoms with van der Waals surface area (Å²) in [5.41, 5.74) is -0.335. The molecule has 0 N–H and O–H groups in total. The van der Waals surface area contributed by atoms with Crippen LogP contribution in [-0.4, -0.2) is 50.5 Å². The monoisotopic (exact) mass is 425 g/mol. The van der Waals surface area contributed by atoms with Crippen molar-refractivity contribution in [3.05, 3.63) is 66.2 Å². The molecule has 2 unspecified atom stereocenters. The van der Waals surface area contributed by atoms with Gasteiger partial charge in [-0.2, -0.15) is 8.42 Å². The smallest absolute Gasteiger partial charge is 0.264 e. The lowest BCUT2D eigenvalue weighted by Crippen LogP contribution is -2.41. The van der Waals surface area contributed by atoms with Crippen molar-refractivity contribution in [2.45, 2.75) is 23.8 Å². The first-order valence-electron chi connectivity index (χ1n) is 8.85. The van der Waals surface area contributed by atoms with E-state index in [2.05, 4.69) is 4.36 Å². The summed E-state index contributed by atoms with van der Waals surface area (Å²) in [5, 5.41) is 0. The Balaban J connectivity index is 2.47. The molecule has 0 aliphatic carbocycles. The Kier molecular flexibility index (Phi) is 7.77. The third-order valence-corrected chi connectivity index (χ3v) is 7.30. The normalized spacial score (nSPS) is 16.1. The van der Waals surface area contributed by atoms with E-state index in [9.17, 15) is 12.6 Å². The van der Waals surface area contributed by atoms with Gasteiger partial charge in [-0.1, -0.05) is 48.5 Å². The highest BCUT2D eigenvalue weighted by Gasteiger charge is 2.35. The van der Waals surface area contributed by atoms with Crippen LogP contribution in [0.5, 0.6) is 0 Å². The molecule has 8 heteroatoms. The number of ether oxygens (including phenoxy) is 1. The van der Waals surface area contributed by atoms with Gasteiger partial charge in [-0.05, 0) is 24.6 Å². The number of hydrogen-bond donors (Lipinski definition) is 0. The maximum absolute atomic E-state index is 13.9. The van der Waals surface area contributed by atoms with Gasteiger partial charge in [-0.3, -0.25) is 4.18 Å². The van der Waals surface area contributed by atoms with Crippen molar-refractivity contribution in [1.82, 2.24) is 0 Å². The van der Waals surface area contributed by atoms with Crippen molar-refractivity contribution in [1.29, 1.82) is 0 Å². The Morgan fingerprint density at radius 3 is 2.07 bits per heavy atom. The van der Waals surface area contributed by atoms with Crippen LogP contribution in [0.25, 0.3) is 0 Å². The molecule has 0 bridgehead atoms. The maximum Gasteiger partial charge on any atom is 0.264 e. The molecule has 0 aliphatic heterocycles. The highest BCUT2D eigenvalue weighted by atomic mass is 32.2. The van der Waals surface area contributed by atoms with Crippen LogP contribution < -0.4 is 0 Å². The molecule has 6 nitrogen and oxygen atoms in total. The molecule has 0 aromatic heterocycles. The summed E-state index contributed by atoms with van der Waals surface area (Å²) in [6.07, 6.45) is 1.28. The number of rotatable bonds is 10. The van der Waals surface area contributed by atoms with Crippen molar-refractivity contribution >= 4 is 19.8 Å². The fraction of sp³-hybridized carbons (Fsp3) is 0.400. The van der Waals surface area contributed by atoms with E-state index in [0.717, 1.165) is 11.8 Å². The summed E-state index contributed by atoms with van der Waals surface area (Å²) in [5.74, 6) is -0.0598. The minimum Gasteiger partial charge on any atom is -0.383 e. The fourth-order valence-electron chi connectivity index (χ4n) is 3.02. The van der Waals surface area contributed by atoms with Crippen molar-refractivity contribution in [2.75, 3.05) is 32.3 Å². The standard InChI is InChI=1S/C20H27NO5S2/c1-20(26-27(3,22)23,16-18-10-6-4-7-11-18)17-28(24,21-14-15-25-2)19-12-8-5-9-13-19/h4-13H,14-17H2,1-3H3. The van der Waals surface area contributed by atoms with Crippen LogP contribution in [-0.2, 0) is 35.2 Å². The van der Waals surface area contributed by atoms with E-state index < -0.39 is 25.4 Å². The van der Waals surface area contributed by atoms with Gasteiger partial charge in [0.1, 0.15) is 5.60 Å². The lowest BCUT2D eigenvalue weighted by molar-refractivity contribution is 0.124. The van der Waals surface area contributed by atoms with Gasteiger partial charge in [0.15, 0.2) is 0 Å². The second-order valence-corrected chi connectivity index (χ2v) is 10.7. The van der Waals surface area contributed by atoms with Crippen LogP contribution in [0.3, 0.4) is 0 Å². The van der Waals surface area contributed by atoms with E-state index in [-0.39, 0.29) is 18.7 Å². The zero-order valence-corrected chi connectivity index (χ0v) is 18.0. The Morgan fingerprint density at radius 2 is 1.54 bits per heavy atom. The molecule has 2 aromatic carbocycles. The second-order valence-electron chi connectivity index (χ2n) is 6.84. The molecule has 0 saturated heterocycles. The quantitative estimate of drug-likeness (QED) is 0.431. The largest absolute Gasteiger partial charge is 0.383 e. The van der Waals surface area contributed by atoms with Crippen molar-refractivity contribution < 1.29 is 21.5 Å². The molecule has 0 amide bonds.